The molecule has 0 unspecified atom stereocenters. The van der Waals surface area contributed by atoms with E-state index >= 15 is 0 Å². The lowest BCUT2D eigenvalue weighted by Gasteiger charge is -2.25. The summed E-state index contributed by atoms with van der Waals surface area (Å²) in [6, 6.07) is 70.4. The van der Waals surface area contributed by atoms with Crippen LogP contribution in [0.1, 0.15) is 16.7 Å². The van der Waals surface area contributed by atoms with Crippen molar-refractivity contribution in [3.05, 3.63) is 217 Å². The fourth-order valence-corrected chi connectivity index (χ4v) is 8.61. The Morgan fingerprint density at radius 3 is 1.88 bits per heavy atom. The second-order valence-corrected chi connectivity index (χ2v) is 15.1. The Morgan fingerprint density at radius 1 is 0.482 bits per heavy atom. The number of amidine groups is 1. The Bertz CT molecular complexity index is 2760. The van der Waals surface area contributed by atoms with E-state index < -0.39 is 0 Å². The molecule has 0 aliphatic heterocycles. The highest BCUT2D eigenvalue weighted by atomic mass is 32.1. The second kappa shape index (κ2) is 15.9. The van der Waals surface area contributed by atoms with Crippen molar-refractivity contribution < 1.29 is 0 Å². The Hall–Kier alpha value is -6.79. The Kier molecular flexibility index (Phi) is 9.92. The minimum absolute atomic E-state index is 0.370. The molecular weight excluding hydrogens is 701 g/mol. The molecule has 0 saturated heterocycles. The molecule has 1 heterocycles. The van der Waals surface area contributed by atoms with Crippen molar-refractivity contribution in [2.75, 3.05) is 5.32 Å². The van der Waals surface area contributed by atoms with E-state index in [1.165, 1.54) is 48.0 Å². The summed E-state index contributed by atoms with van der Waals surface area (Å²) in [7, 11) is 0. The summed E-state index contributed by atoms with van der Waals surface area (Å²) in [5, 5.41) is 17.3. The number of rotatable bonds is 11. The highest BCUT2D eigenvalue weighted by molar-refractivity contribution is 7.26. The predicted octanol–water partition coefficient (Wildman–Crippen LogP) is 13.3. The van der Waals surface area contributed by atoms with Crippen LogP contribution in [-0.4, -0.2) is 10.8 Å². The molecule has 8 aromatic carbocycles. The van der Waals surface area contributed by atoms with Gasteiger partial charge in [0.1, 0.15) is 5.84 Å². The van der Waals surface area contributed by atoms with Gasteiger partial charge in [-0.2, -0.15) is 0 Å². The van der Waals surface area contributed by atoms with E-state index in [9.17, 15) is 0 Å². The maximum absolute atomic E-state index is 8.79. The van der Waals surface area contributed by atoms with Crippen LogP contribution in [0.4, 0.5) is 11.4 Å². The van der Waals surface area contributed by atoms with Crippen LogP contribution >= 0.6 is 11.3 Å². The number of fused-ring (bicyclic) bond motifs is 3. The highest BCUT2D eigenvalue weighted by Gasteiger charge is 2.15. The zero-order chi connectivity index (χ0) is 37.7. The second-order valence-electron chi connectivity index (χ2n) is 14.0. The van der Waals surface area contributed by atoms with Crippen LogP contribution in [0.2, 0.25) is 0 Å². The average Bonchev–Trinajstić information content (AvgIpc) is 3.64. The summed E-state index contributed by atoms with van der Waals surface area (Å²) < 4.78 is 2.61. The van der Waals surface area contributed by atoms with Crippen molar-refractivity contribution in [3.63, 3.8) is 0 Å². The summed E-state index contributed by atoms with van der Waals surface area (Å²) in [6.07, 6.45) is 0. The van der Waals surface area contributed by atoms with Crippen LogP contribution in [0.5, 0.6) is 0 Å². The number of hydrogen-bond acceptors (Lipinski definition) is 4. The predicted molar refractivity (Wildman–Crippen MR) is 237 cm³/mol. The van der Waals surface area contributed by atoms with Gasteiger partial charge >= 0.3 is 0 Å². The summed E-state index contributed by atoms with van der Waals surface area (Å²) >= 11 is 1.86. The van der Waals surface area contributed by atoms with E-state index in [4.69, 9.17) is 5.41 Å². The minimum atomic E-state index is 0.370. The van der Waals surface area contributed by atoms with Crippen molar-refractivity contribution in [1.82, 2.24) is 10.4 Å². The lowest BCUT2D eigenvalue weighted by atomic mass is 9.95. The molecule has 0 atom stereocenters. The molecule has 1 aromatic heterocycles. The van der Waals surface area contributed by atoms with Gasteiger partial charge in [-0.3, -0.25) is 5.41 Å². The Labute approximate surface area is 331 Å². The first-order valence-corrected chi connectivity index (χ1v) is 19.7. The van der Waals surface area contributed by atoms with Crippen LogP contribution in [0.15, 0.2) is 200 Å². The van der Waals surface area contributed by atoms with Gasteiger partial charge in [-0.25, -0.2) is 5.01 Å². The van der Waals surface area contributed by atoms with Gasteiger partial charge in [-0.15, -0.1) is 11.3 Å². The van der Waals surface area contributed by atoms with Crippen molar-refractivity contribution in [2.45, 2.75) is 13.1 Å². The molecule has 0 bridgehead atoms. The third kappa shape index (κ3) is 7.59. The van der Waals surface area contributed by atoms with Gasteiger partial charge in [-0.05, 0) is 69.3 Å². The summed E-state index contributed by atoms with van der Waals surface area (Å²) in [4.78, 5) is 0. The molecule has 5 heteroatoms. The summed E-state index contributed by atoms with van der Waals surface area (Å²) in [5.74, 6) is 0.370. The number of hydrogen-bond donors (Lipinski definition) is 3. The third-order valence-corrected chi connectivity index (χ3v) is 11.4. The van der Waals surface area contributed by atoms with Crippen LogP contribution in [0, 0.1) is 5.41 Å². The maximum atomic E-state index is 8.79. The topological polar surface area (TPSA) is 51.2 Å². The van der Waals surface area contributed by atoms with Crippen molar-refractivity contribution in [1.29, 1.82) is 5.41 Å². The Morgan fingerprint density at radius 2 is 1.09 bits per heavy atom. The van der Waals surface area contributed by atoms with Crippen molar-refractivity contribution in [3.8, 4) is 33.4 Å². The normalized spacial score (nSPS) is 11.2. The van der Waals surface area contributed by atoms with E-state index in [1.54, 1.807) is 0 Å². The summed E-state index contributed by atoms with van der Waals surface area (Å²) in [5.41, 5.74) is 15.7. The Balaban J connectivity index is 1.05. The first-order chi connectivity index (χ1) is 27.6. The molecular formula is C51H40N4S. The van der Waals surface area contributed by atoms with Gasteiger partial charge in [0.2, 0.25) is 0 Å². The van der Waals surface area contributed by atoms with Gasteiger partial charge in [0.15, 0.2) is 0 Å². The molecule has 0 spiro atoms. The molecule has 0 aliphatic carbocycles. The van der Waals surface area contributed by atoms with Gasteiger partial charge in [0.05, 0.1) is 0 Å². The van der Waals surface area contributed by atoms with Gasteiger partial charge < -0.3 is 10.7 Å². The monoisotopic (exact) mass is 740 g/mol. The van der Waals surface area contributed by atoms with Gasteiger partial charge in [0.25, 0.3) is 0 Å². The smallest absolute Gasteiger partial charge is 0.140 e. The summed E-state index contributed by atoms with van der Waals surface area (Å²) in [6.45, 7) is 1.28. The maximum Gasteiger partial charge on any atom is 0.140 e. The zero-order valence-electron chi connectivity index (χ0n) is 30.8. The molecule has 270 valence electrons. The first-order valence-electron chi connectivity index (χ1n) is 18.9. The van der Waals surface area contributed by atoms with Crippen molar-refractivity contribution in [2.24, 2.45) is 0 Å². The molecule has 4 nitrogen and oxygen atoms in total. The number of thiophene rings is 1. The number of hydrazine groups is 1. The number of anilines is 2. The van der Waals surface area contributed by atoms with E-state index in [1.807, 2.05) is 47.7 Å². The minimum Gasteiger partial charge on any atom is -0.355 e. The molecule has 3 N–H and O–H groups in total. The van der Waals surface area contributed by atoms with Gasteiger partial charge in [-0.1, -0.05) is 170 Å². The third-order valence-electron chi connectivity index (χ3n) is 10.2. The zero-order valence-corrected chi connectivity index (χ0v) is 31.6. The van der Waals surface area contributed by atoms with Crippen LogP contribution in [-0.2, 0) is 13.1 Å². The molecule has 9 rings (SSSR count). The largest absolute Gasteiger partial charge is 0.355 e. The quantitative estimate of drug-likeness (QED) is 0.0703. The SMILES string of the molecule is N=C(NN(Cc1ccccc1)Cc1ccc(Nc2cc(-c3cccc4c3sc3ccccc34)ccc2-c2cccc(-c3ccccc3)c2)cc1)c1ccccc1. The lowest BCUT2D eigenvalue weighted by Crippen LogP contribution is -2.41. The number of nitrogens with zero attached hydrogens (tertiary/aromatic N) is 1. The van der Waals surface area contributed by atoms with Crippen LogP contribution in [0.25, 0.3) is 53.6 Å². The fourth-order valence-electron chi connectivity index (χ4n) is 7.37. The fraction of sp³-hybridized carbons (Fsp3) is 0.0392. The van der Waals surface area contributed by atoms with E-state index in [0.29, 0.717) is 18.9 Å². The van der Waals surface area contributed by atoms with E-state index in [-0.39, 0.29) is 0 Å². The highest BCUT2D eigenvalue weighted by Crippen LogP contribution is 2.42. The molecule has 0 radical (unpaired) electrons. The van der Waals surface area contributed by atoms with Crippen LogP contribution < -0.4 is 10.7 Å². The van der Waals surface area contributed by atoms with Crippen LogP contribution in [0.3, 0.4) is 0 Å². The lowest BCUT2D eigenvalue weighted by molar-refractivity contribution is 0.216. The first kappa shape index (κ1) is 34.9. The van der Waals surface area contributed by atoms with Crippen molar-refractivity contribution >= 4 is 48.7 Å². The number of nitrogens with one attached hydrogen (secondary N) is 3. The van der Waals surface area contributed by atoms with E-state index in [2.05, 4.69) is 180 Å². The molecule has 0 fully saturated rings. The molecule has 0 saturated carbocycles. The van der Waals surface area contributed by atoms with E-state index in [0.717, 1.165) is 33.6 Å². The molecule has 56 heavy (non-hydrogen) atoms. The molecule has 0 aliphatic rings. The molecule has 0 amide bonds. The number of benzene rings is 8. The average molecular weight is 741 g/mol. The standard InChI is InChI=1S/C51H40N4S/c52-51(39-18-8-3-9-19-39)54-55(34-36-14-4-1-5-15-36)35-37-26-29-43(30-27-37)53-48-33-42(45-23-13-24-47-46-22-10-11-25-49(46)56-50(45)47)28-31-44(48)41-21-12-20-40(32-41)38-16-6-2-7-17-38/h1-33,53H,34-35H2,(H2,52,54). The van der Waals surface area contributed by atoms with Gasteiger partial charge in [0, 0.05) is 55.8 Å². The molecule has 9 aromatic rings.